The fourth-order valence-electron chi connectivity index (χ4n) is 6.33. The Kier molecular flexibility index (Phi) is 27.6. The van der Waals surface area contributed by atoms with Crippen molar-refractivity contribution in [3.63, 3.8) is 0 Å². The highest BCUT2D eigenvalue weighted by molar-refractivity contribution is 4.84. The number of nitrogens with zero attached hydrogens (tertiary/aromatic N) is 2. The molecule has 0 atom stereocenters. The summed E-state index contributed by atoms with van der Waals surface area (Å²) in [5.74, 6) is 1.62. The number of imidazole rings is 1. The van der Waals surface area contributed by atoms with Crippen molar-refractivity contribution >= 4 is 0 Å². The molecule has 2 heteroatoms. The van der Waals surface area contributed by atoms with E-state index in [2.05, 4.69) is 42.3 Å². The van der Waals surface area contributed by atoms with Gasteiger partial charge in [-0.3, -0.25) is 0 Å². The fourth-order valence-corrected chi connectivity index (χ4v) is 6.33. The van der Waals surface area contributed by atoms with E-state index in [0.29, 0.717) is 0 Å². The van der Waals surface area contributed by atoms with Crippen LogP contribution >= 0.6 is 0 Å². The van der Waals surface area contributed by atoms with Crippen molar-refractivity contribution in [2.24, 2.45) is 0 Å². The molecular formula is C38H75N2+. The Hall–Kier alpha value is -0.790. The summed E-state index contributed by atoms with van der Waals surface area (Å²) >= 11 is 0. The van der Waals surface area contributed by atoms with E-state index in [1.54, 1.807) is 5.82 Å². The zero-order valence-electron chi connectivity index (χ0n) is 28.2. The zero-order valence-corrected chi connectivity index (χ0v) is 28.2. The van der Waals surface area contributed by atoms with E-state index >= 15 is 0 Å². The lowest BCUT2D eigenvalue weighted by atomic mass is 10.0. The topological polar surface area (TPSA) is 8.81 Å². The van der Waals surface area contributed by atoms with Gasteiger partial charge >= 0.3 is 0 Å². The molecule has 1 aromatic rings. The normalized spacial score (nSPS) is 11.6. The first-order valence-electron chi connectivity index (χ1n) is 18.9. The summed E-state index contributed by atoms with van der Waals surface area (Å²) in [5.41, 5.74) is 0. The molecule has 2 nitrogen and oxygen atoms in total. The van der Waals surface area contributed by atoms with Gasteiger partial charge in [-0.25, -0.2) is 9.13 Å². The van der Waals surface area contributed by atoms with Crippen molar-refractivity contribution in [1.82, 2.24) is 4.57 Å². The van der Waals surface area contributed by atoms with Crippen LogP contribution in [0.1, 0.15) is 213 Å². The monoisotopic (exact) mass is 560 g/mol. The molecule has 1 aromatic heterocycles. The van der Waals surface area contributed by atoms with Gasteiger partial charge in [-0.05, 0) is 32.1 Å². The summed E-state index contributed by atoms with van der Waals surface area (Å²) in [6.45, 7) is 9.39. The number of rotatable bonds is 32. The first kappa shape index (κ1) is 37.2. The van der Waals surface area contributed by atoms with E-state index in [-0.39, 0.29) is 0 Å². The minimum atomic E-state index is 1.23. The molecule has 0 radical (unpaired) electrons. The van der Waals surface area contributed by atoms with Gasteiger partial charge in [-0.15, -0.1) is 0 Å². The van der Waals surface area contributed by atoms with Crippen LogP contribution in [0.15, 0.2) is 12.4 Å². The van der Waals surface area contributed by atoms with Crippen LogP contribution in [0.3, 0.4) is 0 Å². The van der Waals surface area contributed by atoms with E-state index in [0.717, 1.165) is 0 Å². The third-order valence-electron chi connectivity index (χ3n) is 9.10. The Morgan fingerprint density at radius 3 is 1.20 bits per heavy atom. The van der Waals surface area contributed by atoms with E-state index in [1.165, 1.54) is 206 Å². The lowest BCUT2D eigenvalue weighted by molar-refractivity contribution is -0.704. The number of hydrogen-bond donors (Lipinski definition) is 0. The van der Waals surface area contributed by atoms with Gasteiger partial charge < -0.3 is 0 Å². The van der Waals surface area contributed by atoms with Gasteiger partial charge in [0.05, 0.1) is 13.1 Å². The van der Waals surface area contributed by atoms with Crippen molar-refractivity contribution in [2.75, 3.05) is 0 Å². The van der Waals surface area contributed by atoms with Crippen molar-refractivity contribution < 1.29 is 4.57 Å². The van der Waals surface area contributed by atoms with Gasteiger partial charge in [0, 0.05) is 6.42 Å². The highest BCUT2D eigenvalue weighted by Crippen LogP contribution is 2.15. The quantitative estimate of drug-likeness (QED) is 0.0613. The average molecular weight is 560 g/mol. The van der Waals surface area contributed by atoms with Gasteiger partial charge in [0.25, 0.3) is 5.82 Å². The lowest BCUT2D eigenvalue weighted by Crippen LogP contribution is -2.37. The van der Waals surface area contributed by atoms with Crippen molar-refractivity contribution in [1.29, 1.82) is 0 Å². The Bertz CT molecular complexity index is 619. The molecule has 0 bridgehead atoms. The zero-order chi connectivity index (χ0) is 28.8. The molecule has 0 saturated heterocycles. The maximum absolute atomic E-state index is 2.63. The minimum Gasteiger partial charge on any atom is -0.234 e. The number of hydrogen-bond acceptors (Lipinski definition) is 0. The van der Waals surface area contributed by atoms with E-state index in [1.807, 2.05) is 0 Å². The molecule has 0 spiro atoms. The second-order valence-electron chi connectivity index (χ2n) is 13.0. The van der Waals surface area contributed by atoms with Gasteiger partial charge in [0.1, 0.15) is 12.4 Å². The van der Waals surface area contributed by atoms with E-state index < -0.39 is 0 Å². The Balaban J connectivity index is 2.27. The molecule has 0 saturated carbocycles. The largest absolute Gasteiger partial charge is 0.256 e. The number of aromatic nitrogens is 2. The van der Waals surface area contributed by atoms with Crippen LogP contribution < -0.4 is 4.57 Å². The van der Waals surface area contributed by atoms with Crippen LogP contribution in [0.5, 0.6) is 0 Å². The van der Waals surface area contributed by atoms with Crippen molar-refractivity contribution in [3.05, 3.63) is 18.2 Å². The third kappa shape index (κ3) is 21.9. The predicted octanol–water partition coefficient (Wildman–Crippen LogP) is 12.7. The van der Waals surface area contributed by atoms with Gasteiger partial charge in [0.15, 0.2) is 0 Å². The summed E-state index contributed by atoms with van der Waals surface area (Å²) in [4.78, 5) is 0. The maximum Gasteiger partial charge on any atom is 0.256 e. The van der Waals surface area contributed by atoms with Crippen LogP contribution in [0.4, 0.5) is 0 Å². The molecule has 1 rings (SSSR count). The average Bonchev–Trinajstić information content (AvgIpc) is 3.35. The molecule has 1 heterocycles. The molecule has 236 valence electrons. The summed E-state index contributed by atoms with van der Waals surface area (Å²) in [7, 11) is 0. The van der Waals surface area contributed by atoms with E-state index in [9.17, 15) is 0 Å². The van der Waals surface area contributed by atoms with Crippen molar-refractivity contribution in [2.45, 2.75) is 226 Å². The Morgan fingerprint density at radius 1 is 0.425 bits per heavy atom. The van der Waals surface area contributed by atoms with Gasteiger partial charge in [-0.2, -0.15) is 0 Å². The summed E-state index contributed by atoms with van der Waals surface area (Å²) in [5, 5.41) is 0. The van der Waals surface area contributed by atoms with Crippen LogP contribution in [-0.2, 0) is 19.5 Å². The summed E-state index contributed by atoms with van der Waals surface area (Å²) in [6, 6.07) is 0. The van der Waals surface area contributed by atoms with Crippen molar-refractivity contribution in [3.8, 4) is 0 Å². The fraction of sp³-hybridized carbons (Fsp3) is 0.921. The third-order valence-corrected chi connectivity index (χ3v) is 9.10. The molecule has 40 heavy (non-hydrogen) atoms. The number of unbranched alkanes of at least 4 members (excludes halogenated alkanes) is 26. The highest BCUT2D eigenvalue weighted by Gasteiger charge is 2.16. The van der Waals surface area contributed by atoms with Gasteiger partial charge in [-0.1, -0.05) is 175 Å². The first-order valence-corrected chi connectivity index (χ1v) is 18.9. The van der Waals surface area contributed by atoms with E-state index in [4.69, 9.17) is 0 Å². The SMILES string of the molecule is CCCCCCCCCCCCCCCc1n(CCCCCCCC)cc[n+]1CCCCCCCCCCCC. The standard InChI is InChI=1S/C38H75N2/c1-4-7-10-13-16-18-20-21-22-23-25-27-30-33-38-39(34-31-28-15-12-9-6-3)36-37-40(38)35-32-29-26-24-19-17-14-11-8-5-2/h36-37H,4-35H2,1-3H3/q+1. The van der Waals surface area contributed by atoms with Crippen LogP contribution in [0.25, 0.3) is 0 Å². The molecule has 0 unspecified atom stereocenters. The van der Waals surface area contributed by atoms with Gasteiger partial charge in [0.2, 0.25) is 0 Å². The molecule has 0 fully saturated rings. The lowest BCUT2D eigenvalue weighted by Gasteiger charge is -2.07. The summed E-state index contributed by atoms with van der Waals surface area (Å²) < 4.78 is 5.25. The molecule has 0 N–H and O–H groups in total. The molecule has 0 aliphatic carbocycles. The molecule has 0 aliphatic rings. The van der Waals surface area contributed by atoms with Crippen LogP contribution in [0.2, 0.25) is 0 Å². The molecule has 0 aliphatic heterocycles. The summed E-state index contributed by atoms with van der Waals surface area (Å²) in [6.07, 6.45) is 47.4. The maximum atomic E-state index is 2.63. The smallest absolute Gasteiger partial charge is 0.234 e. The Labute approximate surface area is 253 Å². The predicted molar refractivity (Wildman–Crippen MR) is 179 cm³/mol. The minimum absolute atomic E-state index is 1.23. The molecular weight excluding hydrogens is 484 g/mol. The second kappa shape index (κ2) is 29.7. The second-order valence-corrected chi connectivity index (χ2v) is 13.0. The number of aryl methyl sites for hydroxylation is 2. The Morgan fingerprint density at radius 2 is 0.775 bits per heavy atom. The van der Waals surface area contributed by atoms with Crippen LogP contribution in [0, 0.1) is 0 Å². The van der Waals surface area contributed by atoms with Crippen LogP contribution in [-0.4, -0.2) is 4.57 Å². The first-order chi connectivity index (χ1) is 19.8. The highest BCUT2D eigenvalue weighted by atomic mass is 15.1. The molecule has 0 amide bonds. The molecule has 0 aromatic carbocycles.